The summed E-state index contributed by atoms with van der Waals surface area (Å²) in [6, 6.07) is 0. The van der Waals surface area contributed by atoms with Crippen molar-refractivity contribution in [2.75, 3.05) is 17.3 Å². The van der Waals surface area contributed by atoms with E-state index in [1.165, 1.54) is 6.33 Å². The van der Waals surface area contributed by atoms with Crippen LogP contribution in [0, 0.1) is 5.41 Å². The van der Waals surface area contributed by atoms with E-state index in [9.17, 15) is 5.11 Å². The van der Waals surface area contributed by atoms with Gasteiger partial charge in [0.15, 0.2) is 0 Å². The average molecular weight is 267 g/mol. The second-order valence-electron chi connectivity index (χ2n) is 5.85. The maximum Gasteiger partial charge on any atom is 0.148 e. The Kier molecular flexibility index (Phi) is 5.50. The molecule has 1 atom stereocenters. The van der Waals surface area contributed by atoms with Crippen LogP contribution in [0.5, 0.6) is 0 Å². The number of nitrogens with one attached hydrogen (secondary N) is 2. The van der Waals surface area contributed by atoms with Crippen molar-refractivity contribution in [3.63, 3.8) is 0 Å². The lowest BCUT2D eigenvalue weighted by atomic mass is 9.89. The normalized spacial score (nSPS) is 13.2. The van der Waals surface area contributed by atoms with E-state index in [0.29, 0.717) is 12.4 Å². The molecule has 1 heterocycles. The molecule has 0 aliphatic heterocycles. The summed E-state index contributed by atoms with van der Waals surface area (Å²) in [6.45, 7) is 8.79. The molecule has 108 valence electrons. The van der Waals surface area contributed by atoms with Gasteiger partial charge in [0, 0.05) is 12.1 Å². The van der Waals surface area contributed by atoms with Crippen LogP contribution in [0.3, 0.4) is 0 Å². The van der Waals surface area contributed by atoms with Gasteiger partial charge in [0.1, 0.15) is 18.0 Å². The van der Waals surface area contributed by atoms with E-state index in [1.54, 1.807) is 0 Å². The van der Waals surface area contributed by atoms with Gasteiger partial charge in [0.05, 0.1) is 6.10 Å². The Balaban J connectivity index is 2.67. The third-order valence-electron chi connectivity index (χ3n) is 2.79. The van der Waals surface area contributed by atoms with Crippen LogP contribution >= 0.6 is 0 Å². The van der Waals surface area contributed by atoms with E-state index in [1.807, 2.05) is 6.92 Å². The van der Waals surface area contributed by atoms with Gasteiger partial charge in [-0.1, -0.05) is 27.7 Å². The van der Waals surface area contributed by atoms with Crippen molar-refractivity contribution in [3.05, 3.63) is 11.9 Å². The highest BCUT2D eigenvalue weighted by Crippen LogP contribution is 2.22. The van der Waals surface area contributed by atoms with Crippen molar-refractivity contribution in [3.8, 4) is 0 Å². The Hall–Kier alpha value is -1.40. The van der Waals surface area contributed by atoms with Gasteiger partial charge in [0.2, 0.25) is 0 Å². The maximum absolute atomic E-state index is 9.99. The molecule has 0 fully saturated rings. The van der Waals surface area contributed by atoms with Gasteiger partial charge in [-0.3, -0.25) is 0 Å². The molecule has 0 amide bonds. The number of aromatic nitrogens is 2. The van der Waals surface area contributed by atoms with Gasteiger partial charge in [0.25, 0.3) is 0 Å². The number of hydrogen-bond acceptors (Lipinski definition) is 6. The lowest BCUT2D eigenvalue weighted by molar-refractivity contribution is 0.132. The summed E-state index contributed by atoms with van der Waals surface area (Å²) in [5.74, 6) is 6.75. The Morgan fingerprint density at radius 2 is 1.95 bits per heavy atom. The molecule has 0 aliphatic carbocycles. The van der Waals surface area contributed by atoms with Gasteiger partial charge in [-0.25, -0.2) is 15.8 Å². The molecule has 1 aromatic heterocycles. The monoisotopic (exact) mass is 267 g/mol. The Morgan fingerprint density at radius 1 is 1.32 bits per heavy atom. The molecule has 0 saturated carbocycles. The standard InChI is InChI=1S/C13H25N5O/c1-5-10-11(16-8-17-12(10)18-14)15-7-9(19)6-13(2,3)4/h8-9,19H,5-7,14H2,1-4H3,(H2,15,16,17,18). The number of hydrogen-bond donors (Lipinski definition) is 4. The third kappa shape index (κ3) is 5.00. The molecule has 0 aliphatic rings. The smallest absolute Gasteiger partial charge is 0.148 e. The summed E-state index contributed by atoms with van der Waals surface area (Å²) < 4.78 is 0. The van der Waals surface area contributed by atoms with Crippen LogP contribution in [0.15, 0.2) is 6.33 Å². The Morgan fingerprint density at radius 3 is 2.47 bits per heavy atom. The van der Waals surface area contributed by atoms with E-state index in [2.05, 4.69) is 41.5 Å². The van der Waals surface area contributed by atoms with Crippen LogP contribution < -0.4 is 16.6 Å². The fourth-order valence-corrected chi connectivity index (χ4v) is 2.02. The van der Waals surface area contributed by atoms with Gasteiger partial charge >= 0.3 is 0 Å². The molecule has 1 unspecified atom stereocenters. The van der Waals surface area contributed by atoms with Crippen molar-refractivity contribution in [1.29, 1.82) is 0 Å². The molecule has 6 heteroatoms. The quantitative estimate of drug-likeness (QED) is 0.461. The van der Waals surface area contributed by atoms with Crippen molar-refractivity contribution < 1.29 is 5.11 Å². The number of nitrogens with zero attached hydrogens (tertiary/aromatic N) is 2. The number of aliphatic hydroxyl groups excluding tert-OH is 1. The molecule has 19 heavy (non-hydrogen) atoms. The number of nitrogen functional groups attached to an aromatic ring is 1. The first-order valence-corrected chi connectivity index (χ1v) is 6.59. The summed E-state index contributed by atoms with van der Waals surface area (Å²) in [7, 11) is 0. The summed E-state index contributed by atoms with van der Waals surface area (Å²) in [6.07, 6.45) is 2.54. The van der Waals surface area contributed by atoms with E-state index >= 15 is 0 Å². The molecular formula is C13H25N5O. The summed E-state index contributed by atoms with van der Waals surface area (Å²) >= 11 is 0. The Labute approximate surface area is 114 Å². The largest absolute Gasteiger partial charge is 0.391 e. The highest BCUT2D eigenvalue weighted by atomic mass is 16.3. The highest BCUT2D eigenvalue weighted by Gasteiger charge is 2.17. The summed E-state index contributed by atoms with van der Waals surface area (Å²) in [4.78, 5) is 8.26. The zero-order valence-corrected chi connectivity index (χ0v) is 12.2. The van der Waals surface area contributed by atoms with E-state index in [4.69, 9.17) is 5.84 Å². The number of nitrogens with two attached hydrogens (primary N) is 1. The molecule has 0 aromatic carbocycles. The fraction of sp³-hybridized carbons (Fsp3) is 0.692. The zero-order chi connectivity index (χ0) is 14.5. The molecular weight excluding hydrogens is 242 g/mol. The van der Waals surface area contributed by atoms with Crippen LogP contribution in [0.2, 0.25) is 0 Å². The number of anilines is 2. The van der Waals surface area contributed by atoms with Crippen molar-refractivity contribution in [2.24, 2.45) is 11.3 Å². The topological polar surface area (TPSA) is 96.1 Å². The van der Waals surface area contributed by atoms with Crippen LogP contribution in [-0.4, -0.2) is 27.7 Å². The van der Waals surface area contributed by atoms with Crippen molar-refractivity contribution in [2.45, 2.75) is 46.6 Å². The van der Waals surface area contributed by atoms with E-state index in [-0.39, 0.29) is 5.41 Å². The summed E-state index contributed by atoms with van der Waals surface area (Å²) in [5, 5.41) is 13.2. The summed E-state index contributed by atoms with van der Waals surface area (Å²) in [5.41, 5.74) is 3.58. The second-order valence-corrected chi connectivity index (χ2v) is 5.85. The van der Waals surface area contributed by atoms with Gasteiger partial charge in [-0.2, -0.15) is 0 Å². The maximum atomic E-state index is 9.99. The zero-order valence-electron chi connectivity index (χ0n) is 12.2. The van der Waals surface area contributed by atoms with Gasteiger partial charge in [-0.15, -0.1) is 0 Å². The predicted molar refractivity (Wildman–Crippen MR) is 77.8 cm³/mol. The SMILES string of the molecule is CCc1c(NN)ncnc1NCC(O)CC(C)(C)C. The molecule has 1 aromatic rings. The number of aliphatic hydroxyl groups is 1. The number of rotatable bonds is 6. The first kappa shape index (κ1) is 15.7. The number of hydrazine groups is 1. The molecule has 0 saturated heterocycles. The van der Waals surface area contributed by atoms with E-state index < -0.39 is 6.10 Å². The minimum Gasteiger partial charge on any atom is -0.391 e. The molecule has 1 rings (SSSR count). The van der Waals surface area contributed by atoms with E-state index in [0.717, 1.165) is 24.2 Å². The predicted octanol–water partition coefficient (Wildman–Crippen LogP) is 1.53. The average Bonchev–Trinajstić information content (AvgIpc) is 2.33. The van der Waals surface area contributed by atoms with Crippen LogP contribution in [-0.2, 0) is 6.42 Å². The van der Waals surface area contributed by atoms with Crippen molar-refractivity contribution >= 4 is 11.6 Å². The lowest BCUT2D eigenvalue weighted by Gasteiger charge is -2.23. The molecule has 5 N–H and O–H groups in total. The van der Waals surface area contributed by atoms with Crippen molar-refractivity contribution in [1.82, 2.24) is 9.97 Å². The minimum absolute atomic E-state index is 0.102. The first-order valence-electron chi connectivity index (χ1n) is 6.59. The third-order valence-corrected chi connectivity index (χ3v) is 2.79. The fourth-order valence-electron chi connectivity index (χ4n) is 2.02. The van der Waals surface area contributed by atoms with Gasteiger partial charge in [-0.05, 0) is 18.3 Å². The molecule has 0 radical (unpaired) electrons. The first-order chi connectivity index (χ1) is 8.87. The highest BCUT2D eigenvalue weighted by molar-refractivity contribution is 5.56. The lowest BCUT2D eigenvalue weighted by Crippen LogP contribution is -2.26. The van der Waals surface area contributed by atoms with Gasteiger partial charge < -0.3 is 15.8 Å². The second kappa shape index (κ2) is 6.68. The van der Waals surface area contributed by atoms with Crippen LogP contribution in [0.25, 0.3) is 0 Å². The minimum atomic E-state index is -0.408. The van der Waals surface area contributed by atoms with Crippen LogP contribution in [0.4, 0.5) is 11.6 Å². The molecule has 0 spiro atoms. The van der Waals surface area contributed by atoms with Crippen LogP contribution in [0.1, 0.15) is 39.7 Å². The molecule has 6 nitrogen and oxygen atoms in total. The Bertz CT molecular complexity index is 403. The molecule has 0 bridgehead atoms.